The lowest BCUT2D eigenvalue weighted by atomic mass is 10.1. The lowest BCUT2D eigenvalue weighted by Gasteiger charge is -2.13. The Hall–Kier alpha value is -2.57. The topological polar surface area (TPSA) is 96.1 Å². The van der Waals surface area contributed by atoms with Gasteiger partial charge in [0.2, 0.25) is 6.29 Å². The summed E-state index contributed by atoms with van der Waals surface area (Å²) < 4.78 is 39.1. The van der Waals surface area contributed by atoms with Gasteiger partial charge in [-0.1, -0.05) is 70.6 Å². The van der Waals surface area contributed by atoms with Gasteiger partial charge in [-0.05, 0) is 19.3 Å². The highest BCUT2D eigenvalue weighted by molar-refractivity contribution is 5.88. The Balaban J connectivity index is 2.23. The van der Waals surface area contributed by atoms with Crippen LogP contribution in [0.15, 0.2) is 6.07 Å². The number of ether oxygens (including phenoxy) is 5. The summed E-state index contributed by atoms with van der Waals surface area (Å²) in [6.07, 6.45) is 10.9. The second-order valence-corrected chi connectivity index (χ2v) is 8.64. The van der Waals surface area contributed by atoms with Crippen LogP contribution in [0.3, 0.4) is 0 Å². The lowest BCUT2D eigenvalue weighted by molar-refractivity contribution is -0.0855. The Labute approximate surface area is 220 Å². The summed E-state index contributed by atoms with van der Waals surface area (Å²) >= 11 is 0. The number of rotatable bonds is 20. The number of H-pyrrole nitrogens is 1. The number of hydrogen-bond acceptors (Lipinski definition) is 7. The van der Waals surface area contributed by atoms with Gasteiger partial charge in [0.1, 0.15) is 6.61 Å². The van der Waals surface area contributed by atoms with Gasteiger partial charge in [-0.2, -0.15) is 0 Å². The first-order chi connectivity index (χ1) is 18.0. The van der Waals surface area contributed by atoms with E-state index >= 15 is 0 Å². The summed E-state index contributed by atoms with van der Waals surface area (Å²) in [6, 6.07) is 1.15. The third kappa shape index (κ3) is 16.7. The number of halogens is 1. The first-order valence-electron chi connectivity index (χ1n) is 13.5. The van der Waals surface area contributed by atoms with Gasteiger partial charge in [-0.15, -0.1) is 0 Å². The molecule has 0 radical (unpaired) electrons. The van der Waals surface area contributed by atoms with Gasteiger partial charge in [0.05, 0.1) is 25.5 Å². The van der Waals surface area contributed by atoms with Crippen molar-refractivity contribution in [2.24, 2.45) is 0 Å². The molecule has 1 aromatic heterocycles. The van der Waals surface area contributed by atoms with E-state index in [1.54, 1.807) is 0 Å². The van der Waals surface area contributed by atoms with Crippen molar-refractivity contribution in [3.8, 4) is 11.8 Å². The third-order valence-electron chi connectivity index (χ3n) is 5.41. The minimum absolute atomic E-state index is 0.0297. The van der Waals surface area contributed by atoms with E-state index in [4.69, 9.17) is 23.7 Å². The number of unbranched alkanes of at least 4 members (excludes halogenated alkanes) is 10. The maximum atomic E-state index is 14.2. The van der Waals surface area contributed by atoms with Crippen LogP contribution in [0, 0.1) is 17.7 Å². The van der Waals surface area contributed by atoms with Crippen molar-refractivity contribution >= 4 is 12.1 Å². The average molecular weight is 526 g/mol. The first kappa shape index (κ1) is 32.5. The predicted octanol–water partition coefficient (Wildman–Crippen LogP) is 6.53. The van der Waals surface area contributed by atoms with Crippen LogP contribution in [-0.2, 0) is 23.7 Å². The molecular weight excluding hydrogens is 481 g/mol. The molecule has 0 saturated carbocycles. The summed E-state index contributed by atoms with van der Waals surface area (Å²) in [4.78, 5) is 26.5. The molecule has 0 aliphatic carbocycles. The highest BCUT2D eigenvalue weighted by Gasteiger charge is 2.21. The fourth-order valence-corrected chi connectivity index (χ4v) is 3.46. The van der Waals surface area contributed by atoms with Crippen molar-refractivity contribution in [2.45, 2.75) is 97.7 Å². The Kier molecular flexibility index (Phi) is 18.9. The van der Waals surface area contributed by atoms with Crippen molar-refractivity contribution in [1.29, 1.82) is 0 Å². The summed E-state index contributed by atoms with van der Waals surface area (Å²) in [6.45, 7) is 7.02. The molecule has 1 rings (SSSR count). The third-order valence-corrected chi connectivity index (χ3v) is 5.41. The molecule has 1 aromatic rings. The van der Waals surface area contributed by atoms with Gasteiger partial charge in [0, 0.05) is 26.0 Å². The first-order valence-corrected chi connectivity index (χ1v) is 13.5. The number of aromatic nitrogens is 1. The molecule has 0 spiro atoms. The van der Waals surface area contributed by atoms with Crippen LogP contribution in [0.4, 0.5) is 9.18 Å². The van der Waals surface area contributed by atoms with Crippen LogP contribution in [0.2, 0.25) is 0 Å². The smallest absolute Gasteiger partial charge is 0.432 e. The summed E-state index contributed by atoms with van der Waals surface area (Å²) in [5.41, 5.74) is -0.0939. The van der Waals surface area contributed by atoms with Gasteiger partial charge in [0.25, 0.3) is 0 Å². The number of esters is 1. The molecule has 0 fully saturated rings. The van der Waals surface area contributed by atoms with Crippen LogP contribution >= 0.6 is 0 Å². The van der Waals surface area contributed by atoms with Gasteiger partial charge in [-0.25, -0.2) is 14.0 Å². The molecule has 1 unspecified atom stereocenters. The van der Waals surface area contributed by atoms with Crippen molar-refractivity contribution in [3.63, 3.8) is 0 Å². The Morgan fingerprint density at radius 3 is 2.19 bits per heavy atom. The molecule has 1 heterocycles. The fourth-order valence-electron chi connectivity index (χ4n) is 3.46. The molecule has 1 N–H and O–H groups in total. The molecule has 210 valence electrons. The quantitative estimate of drug-likeness (QED) is 0.0895. The maximum absolute atomic E-state index is 14.2. The highest BCUT2D eigenvalue weighted by atomic mass is 19.1. The lowest BCUT2D eigenvalue weighted by Crippen LogP contribution is -2.24. The van der Waals surface area contributed by atoms with Gasteiger partial charge < -0.3 is 28.7 Å². The van der Waals surface area contributed by atoms with Crippen molar-refractivity contribution in [2.75, 3.05) is 33.0 Å². The van der Waals surface area contributed by atoms with E-state index in [-0.39, 0.29) is 24.6 Å². The Morgan fingerprint density at radius 1 is 0.892 bits per heavy atom. The Bertz CT molecular complexity index is 815. The van der Waals surface area contributed by atoms with E-state index in [9.17, 15) is 14.0 Å². The second-order valence-electron chi connectivity index (χ2n) is 8.64. The average Bonchev–Trinajstić information content (AvgIpc) is 3.24. The van der Waals surface area contributed by atoms with Gasteiger partial charge in [0.15, 0.2) is 11.5 Å². The molecule has 37 heavy (non-hydrogen) atoms. The normalized spacial score (nSPS) is 11.5. The summed E-state index contributed by atoms with van der Waals surface area (Å²) in [5, 5.41) is 0. The second kappa shape index (κ2) is 21.5. The van der Waals surface area contributed by atoms with Gasteiger partial charge >= 0.3 is 12.1 Å². The monoisotopic (exact) mass is 525 g/mol. The van der Waals surface area contributed by atoms with E-state index in [0.29, 0.717) is 26.2 Å². The SMILES string of the molecule is CCCCCCCCCCCCC#Cc1cc(F)c(C(=O)OC(C)OC(=O)OCCOCCOCC)[nH]1. The zero-order chi connectivity index (χ0) is 27.1. The van der Waals surface area contributed by atoms with E-state index in [1.807, 2.05) is 6.92 Å². The summed E-state index contributed by atoms with van der Waals surface area (Å²) in [5.74, 6) is 4.07. The molecule has 0 saturated heterocycles. The molecule has 0 bridgehead atoms. The molecule has 0 aliphatic heterocycles. The van der Waals surface area contributed by atoms with E-state index in [0.717, 1.165) is 18.9 Å². The number of carbonyl (C=O) groups is 2. The molecule has 9 heteroatoms. The highest BCUT2D eigenvalue weighted by Crippen LogP contribution is 2.13. The zero-order valence-electron chi connectivity index (χ0n) is 22.7. The van der Waals surface area contributed by atoms with Crippen LogP contribution in [-0.4, -0.2) is 56.4 Å². The van der Waals surface area contributed by atoms with E-state index in [2.05, 4.69) is 23.7 Å². The minimum Gasteiger partial charge on any atom is -0.432 e. The maximum Gasteiger partial charge on any atom is 0.511 e. The van der Waals surface area contributed by atoms with Crippen molar-refractivity contribution in [3.05, 3.63) is 23.3 Å². The van der Waals surface area contributed by atoms with Crippen LogP contribution in [0.5, 0.6) is 0 Å². The number of hydrogen-bond donors (Lipinski definition) is 1. The fraction of sp³-hybridized carbons (Fsp3) is 0.714. The van der Waals surface area contributed by atoms with Gasteiger partial charge in [-0.3, -0.25) is 0 Å². The standard InChI is InChI=1S/C28H44FNO7/c1-4-6-7-8-9-10-11-12-13-14-15-16-17-24-22-25(29)26(30-24)27(31)36-23(3)37-28(32)35-21-20-34-19-18-33-5-2/h22-23,30H,4-15,18-21H2,1-3H3. The molecule has 8 nitrogen and oxygen atoms in total. The van der Waals surface area contributed by atoms with Crippen molar-refractivity contribution < 1.29 is 37.7 Å². The zero-order valence-corrected chi connectivity index (χ0v) is 22.7. The van der Waals surface area contributed by atoms with E-state index in [1.165, 1.54) is 58.3 Å². The molecule has 0 aromatic carbocycles. The molecular formula is C28H44FNO7. The van der Waals surface area contributed by atoms with E-state index < -0.39 is 24.2 Å². The predicted molar refractivity (Wildman–Crippen MR) is 139 cm³/mol. The Morgan fingerprint density at radius 2 is 1.51 bits per heavy atom. The largest absolute Gasteiger partial charge is 0.511 e. The molecule has 0 aliphatic rings. The van der Waals surface area contributed by atoms with Crippen LogP contribution in [0.25, 0.3) is 0 Å². The van der Waals surface area contributed by atoms with Crippen LogP contribution < -0.4 is 0 Å². The minimum atomic E-state index is -1.27. The van der Waals surface area contributed by atoms with Crippen molar-refractivity contribution in [1.82, 2.24) is 4.98 Å². The molecule has 1 atom stereocenters. The number of carbonyl (C=O) groups excluding carboxylic acids is 2. The number of nitrogens with one attached hydrogen (secondary N) is 1. The number of aromatic amines is 1. The summed E-state index contributed by atoms with van der Waals surface area (Å²) in [7, 11) is 0. The molecule has 0 amide bonds. The van der Waals surface area contributed by atoms with Crippen LogP contribution in [0.1, 0.15) is 108 Å².